The smallest absolute Gasteiger partial charge is 0.325 e. The van der Waals surface area contributed by atoms with Gasteiger partial charge in [0, 0.05) is 57.3 Å². The van der Waals surface area contributed by atoms with E-state index in [0.717, 1.165) is 28.7 Å². The number of amidine groups is 2. The molecule has 16 nitrogen and oxygen atoms in total. The minimum absolute atomic E-state index is 0.140. The zero-order valence-corrected chi connectivity index (χ0v) is 32.0. The van der Waals surface area contributed by atoms with Crippen molar-refractivity contribution in [2.45, 2.75) is 0 Å². The lowest BCUT2D eigenvalue weighted by Crippen LogP contribution is -2.26. The first-order valence-electron chi connectivity index (χ1n) is 17.5. The number of nitro benzene ring substituents is 2. The Kier molecular flexibility index (Phi) is 11.9. The molecule has 0 radical (unpaired) electrons. The van der Waals surface area contributed by atoms with Gasteiger partial charge in [0.25, 0.3) is 11.4 Å². The van der Waals surface area contributed by atoms with E-state index in [9.17, 15) is 30.4 Å². The van der Waals surface area contributed by atoms with Gasteiger partial charge in [0.05, 0.1) is 32.3 Å². The third-order valence-corrected chi connectivity index (χ3v) is 10.9. The summed E-state index contributed by atoms with van der Waals surface area (Å²) in [4.78, 5) is 27.1. The maximum absolute atomic E-state index is 11.3. The second-order valence-electron chi connectivity index (χ2n) is 12.5. The molecule has 290 valence electrons. The Hall–Kier alpha value is -7.64. The molecule has 0 unspecified atom stereocenters. The van der Waals surface area contributed by atoms with Gasteiger partial charge in [0.2, 0.25) is 0 Å². The molecule has 0 saturated carbocycles. The van der Waals surface area contributed by atoms with E-state index < -0.39 is 15.1 Å². The molecule has 59 heavy (non-hydrogen) atoms. The van der Waals surface area contributed by atoms with E-state index in [4.69, 9.17) is 10.8 Å². The summed E-state index contributed by atoms with van der Waals surface area (Å²) in [6.07, 6.45) is 3.15. The Morgan fingerprint density at radius 2 is 0.983 bits per heavy atom. The summed E-state index contributed by atoms with van der Waals surface area (Å²) in [7, 11) is 0. The van der Waals surface area contributed by atoms with E-state index in [1.165, 1.54) is 36.4 Å². The molecule has 7 aromatic rings. The third kappa shape index (κ3) is 9.33. The fraction of sp³-hybridized carbons (Fsp3) is 0. The van der Waals surface area contributed by atoms with Gasteiger partial charge in [-0.1, -0.05) is 96.5 Å². The molecule has 19 heteroatoms. The highest BCUT2D eigenvalue weighted by molar-refractivity contribution is 8.64. The van der Waals surface area contributed by atoms with Gasteiger partial charge in [-0.3, -0.25) is 31.0 Å². The van der Waals surface area contributed by atoms with E-state index in [1.54, 1.807) is 60.7 Å². The first kappa shape index (κ1) is 39.6. The van der Waals surface area contributed by atoms with Crippen molar-refractivity contribution < 1.29 is 20.1 Å². The molecule has 0 spiro atoms. The van der Waals surface area contributed by atoms with Gasteiger partial charge in [-0.15, -0.1) is 43.7 Å². The zero-order valence-electron chi connectivity index (χ0n) is 30.4. The number of aromatic nitrogens is 2. The highest BCUT2D eigenvalue weighted by Crippen LogP contribution is 2.36. The summed E-state index contributed by atoms with van der Waals surface area (Å²) in [5.74, 6) is -0.451. The molecule has 5 aromatic carbocycles. The van der Waals surface area contributed by atoms with Crippen molar-refractivity contribution >= 4 is 101 Å². The quantitative estimate of drug-likeness (QED) is 0.0182. The summed E-state index contributed by atoms with van der Waals surface area (Å²) in [6.45, 7) is 0. The van der Waals surface area contributed by atoms with Crippen LogP contribution in [0.15, 0.2) is 148 Å². The predicted molar refractivity (Wildman–Crippen MR) is 234 cm³/mol. The van der Waals surface area contributed by atoms with E-state index >= 15 is 0 Å². The van der Waals surface area contributed by atoms with E-state index in [2.05, 4.69) is 30.4 Å². The molecule has 0 saturated heterocycles. The Morgan fingerprint density at radius 1 is 0.593 bits per heavy atom. The lowest BCUT2D eigenvalue weighted by atomic mass is 9.93. The number of benzene rings is 5. The minimum Gasteiger partial charge on any atom is -0.494 e. The topological polar surface area (TPSA) is 255 Å². The SMILES string of the molecule is N=C(N=N/C(=C/c1c(O)[nH]c2cc([N+](=O)[O-])ccc12)c1ccccc1)SB(SC(=N)N=N/C(=C/c1c(O)[nH]c2cc([N+](=O)[O-])ccc12)c1ccccc1)c1ccccc1. The van der Waals surface area contributed by atoms with E-state index in [0.29, 0.717) is 55.5 Å². The van der Waals surface area contributed by atoms with Gasteiger partial charge >= 0.3 is 5.27 Å². The van der Waals surface area contributed by atoms with Crippen LogP contribution in [0.3, 0.4) is 0 Å². The summed E-state index contributed by atoms with van der Waals surface area (Å²) in [5, 5.41) is 79.1. The number of non-ortho nitro benzene ring substituents is 2. The van der Waals surface area contributed by atoms with Crippen LogP contribution in [0.1, 0.15) is 22.3 Å². The van der Waals surface area contributed by atoms with Crippen LogP contribution in [0.4, 0.5) is 11.4 Å². The molecule has 0 fully saturated rings. The average molecular weight is 821 g/mol. The number of aromatic hydroxyl groups is 2. The van der Waals surface area contributed by atoms with Gasteiger partial charge in [-0.05, 0) is 24.3 Å². The number of aromatic amines is 2. The first-order chi connectivity index (χ1) is 28.5. The monoisotopic (exact) mass is 820 g/mol. The molecule has 6 N–H and O–H groups in total. The molecule has 0 aliphatic carbocycles. The van der Waals surface area contributed by atoms with Crippen molar-refractivity contribution in [3.63, 3.8) is 0 Å². The Morgan fingerprint density at radius 3 is 1.37 bits per heavy atom. The standard InChI is InChI=1S/C40H29BN10O6S2/c42-39(48-46-33(24-10-4-1-5-11-24)22-31-29-18-16-27(50(54)55)20-35(29)44-37(31)52)58-41(26-14-8-3-9-15-26)59-40(43)49-47-34(25-12-6-2-7-13-25)23-32-30-19-17-28(51(56)57)21-36(30)45-38(32)53/h1-23,42-45,52-53H/b33-22+,34-23+,42-39?,43-40?,48-46?,49-47?. The predicted octanol–water partition coefficient (Wildman–Crippen LogP) is 10.2. The van der Waals surface area contributed by atoms with Crippen molar-refractivity contribution in [3.05, 3.63) is 170 Å². The van der Waals surface area contributed by atoms with Crippen molar-refractivity contribution in [1.82, 2.24) is 9.97 Å². The fourth-order valence-corrected chi connectivity index (χ4v) is 7.86. The number of nitrogens with zero attached hydrogens (tertiary/aromatic N) is 6. The lowest BCUT2D eigenvalue weighted by Gasteiger charge is -2.11. The van der Waals surface area contributed by atoms with Crippen LogP contribution in [0.25, 0.3) is 45.4 Å². The number of nitro groups is 2. The molecule has 7 rings (SSSR count). The van der Waals surface area contributed by atoms with Crippen LogP contribution in [-0.4, -0.2) is 45.6 Å². The highest BCUT2D eigenvalue weighted by Gasteiger charge is 2.24. The van der Waals surface area contributed by atoms with Gasteiger partial charge < -0.3 is 20.2 Å². The molecule has 0 aliphatic rings. The number of rotatable bonds is 11. The van der Waals surface area contributed by atoms with Crippen LogP contribution in [-0.2, 0) is 0 Å². The van der Waals surface area contributed by atoms with Gasteiger partial charge in [0.15, 0.2) is 22.1 Å². The largest absolute Gasteiger partial charge is 0.494 e. The zero-order chi connectivity index (χ0) is 41.5. The van der Waals surface area contributed by atoms with Gasteiger partial charge in [-0.25, -0.2) is 0 Å². The summed E-state index contributed by atoms with van der Waals surface area (Å²) in [5.41, 5.74) is 3.71. The Labute approximate surface area is 342 Å². The van der Waals surface area contributed by atoms with E-state index in [1.807, 2.05) is 42.5 Å². The second kappa shape index (κ2) is 17.7. The normalized spacial score (nSPS) is 12.1. The number of fused-ring (bicyclic) bond motifs is 2. The van der Waals surface area contributed by atoms with Crippen LogP contribution in [0, 0.1) is 31.0 Å². The maximum Gasteiger partial charge on any atom is 0.325 e. The molecule has 0 bridgehead atoms. The van der Waals surface area contributed by atoms with Crippen LogP contribution in [0.5, 0.6) is 11.8 Å². The van der Waals surface area contributed by atoms with Gasteiger partial charge in [0.1, 0.15) is 0 Å². The average Bonchev–Trinajstić information content (AvgIpc) is 3.73. The minimum atomic E-state index is -0.593. The summed E-state index contributed by atoms with van der Waals surface area (Å²) in [6, 6.07) is 35.6. The number of hydrogen-bond acceptors (Lipinski definition) is 12. The molecule has 2 aromatic heterocycles. The molecular formula is C40H29BN10O6S2. The number of hydrogen-bond donors (Lipinski definition) is 6. The van der Waals surface area contributed by atoms with Crippen LogP contribution < -0.4 is 5.46 Å². The number of H-pyrrole nitrogens is 2. The second-order valence-corrected chi connectivity index (χ2v) is 15.0. The summed E-state index contributed by atoms with van der Waals surface area (Å²) < 4.78 is 0. The van der Waals surface area contributed by atoms with Crippen LogP contribution >= 0.6 is 23.2 Å². The number of nitrogens with one attached hydrogen (secondary N) is 4. The lowest BCUT2D eigenvalue weighted by molar-refractivity contribution is -0.384. The maximum atomic E-state index is 11.3. The van der Waals surface area contributed by atoms with Crippen molar-refractivity contribution in [3.8, 4) is 11.8 Å². The molecular weight excluding hydrogens is 791 g/mol. The van der Waals surface area contributed by atoms with Crippen LogP contribution in [0.2, 0.25) is 0 Å². The Bertz CT molecular complexity index is 2690. The van der Waals surface area contributed by atoms with E-state index in [-0.39, 0.29) is 33.5 Å². The highest BCUT2D eigenvalue weighted by atomic mass is 32.2. The van der Waals surface area contributed by atoms with Crippen molar-refractivity contribution in [2.24, 2.45) is 20.5 Å². The van der Waals surface area contributed by atoms with Crippen molar-refractivity contribution in [1.29, 1.82) is 10.8 Å². The summed E-state index contributed by atoms with van der Waals surface area (Å²) >= 11 is 2.04. The Balaban J connectivity index is 1.15. The van der Waals surface area contributed by atoms with Gasteiger partial charge in [-0.2, -0.15) is 0 Å². The molecule has 0 amide bonds. The third-order valence-electron chi connectivity index (χ3n) is 8.73. The molecule has 2 heterocycles. The number of azo groups is 2. The first-order valence-corrected chi connectivity index (χ1v) is 19.2. The van der Waals surface area contributed by atoms with Crippen molar-refractivity contribution in [2.75, 3.05) is 0 Å². The molecule has 0 atom stereocenters. The fourth-order valence-electron chi connectivity index (χ4n) is 5.96. The molecule has 0 aliphatic heterocycles.